The SMILES string of the molecule is CCCCOc1ccc(-c2ccc(CCc3ccc(C4=CCC(OCCC)CC4)c(F)c3F)cc2)cc1F. The lowest BCUT2D eigenvalue weighted by molar-refractivity contribution is 0.0488. The van der Waals surface area contributed by atoms with E-state index in [1.54, 1.807) is 18.2 Å². The molecule has 0 heterocycles. The number of allylic oxidation sites excluding steroid dienone is 1. The second kappa shape index (κ2) is 13.7. The molecule has 3 aromatic carbocycles. The summed E-state index contributed by atoms with van der Waals surface area (Å²) >= 11 is 0. The predicted molar refractivity (Wildman–Crippen MR) is 148 cm³/mol. The van der Waals surface area contributed by atoms with E-state index in [1.165, 1.54) is 6.07 Å². The highest BCUT2D eigenvalue weighted by molar-refractivity contribution is 5.67. The lowest BCUT2D eigenvalue weighted by atomic mass is 9.90. The van der Waals surface area contributed by atoms with E-state index in [1.807, 2.05) is 36.4 Å². The number of ether oxygens (including phenoxy) is 2. The van der Waals surface area contributed by atoms with Crippen LogP contribution < -0.4 is 4.74 Å². The molecule has 0 spiro atoms. The zero-order valence-electron chi connectivity index (χ0n) is 22.4. The van der Waals surface area contributed by atoms with Crippen LogP contribution in [0.4, 0.5) is 13.2 Å². The first-order chi connectivity index (χ1) is 18.5. The first-order valence-electron chi connectivity index (χ1n) is 13.8. The predicted octanol–water partition coefficient (Wildman–Crippen LogP) is 9.10. The average Bonchev–Trinajstić information content (AvgIpc) is 2.94. The van der Waals surface area contributed by atoms with Gasteiger partial charge < -0.3 is 9.47 Å². The minimum Gasteiger partial charge on any atom is -0.491 e. The van der Waals surface area contributed by atoms with E-state index in [4.69, 9.17) is 9.47 Å². The largest absolute Gasteiger partial charge is 0.491 e. The van der Waals surface area contributed by atoms with Crippen molar-refractivity contribution in [2.75, 3.05) is 13.2 Å². The summed E-state index contributed by atoms with van der Waals surface area (Å²) in [5, 5.41) is 0. The summed E-state index contributed by atoms with van der Waals surface area (Å²) < 4.78 is 55.6. The Labute approximate surface area is 224 Å². The zero-order chi connectivity index (χ0) is 26.9. The van der Waals surface area contributed by atoms with Gasteiger partial charge in [-0.1, -0.05) is 68.8 Å². The van der Waals surface area contributed by atoms with Crippen molar-refractivity contribution >= 4 is 5.57 Å². The molecule has 38 heavy (non-hydrogen) atoms. The maximum atomic E-state index is 15.0. The Hall–Kier alpha value is -3.05. The molecule has 0 saturated carbocycles. The maximum Gasteiger partial charge on any atom is 0.166 e. The molecule has 0 amide bonds. The van der Waals surface area contributed by atoms with Gasteiger partial charge in [-0.2, -0.15) is 0 Å². The number of unbranched alkanes of at least 4 members (excludes halogenated alkanes) is 1. The number of hydrogen-bond donors (Lipinski definition) is 0. The smallest absolute Gasteiger partial charge is 0.166 e. The minimum absolute atomic E-state index is 0.167. The van der Waals surface area contributed by atoms with Crippen molar-refractivity contribution in [2.24, 2.45) is 0 Å². The summed E-state index contributed by atoms with van der Waals surface area (Å²) in [4.78, 5) is 0. The molecule has 1 aliphatic rings. The summed E-state index contributed by atoms with van der Waals surface area (Å²) in [5.41, 5.74) is 4.25. The van der Waals surface area contributed by atoms with Crippen LogP contribution in [0.3, 0.4) is 0 Å². The Morgan fingerprint density at radius 2 is 1.61 bits per heavy atom. The van der Waals surface area contributed by atoms with Gasteiger partial charge in [-0.15, -0.1) is 0 Å². The van der Waals surface area contributed by atoms with E-state index < -0.39 is 11.6 Å². The molecule has 0 aromatic heterocycles. The second-order valence-corrected chi connectivity index (χ2v) is 9.94. The molecule has 1 unspecified atom stereocenters. The topological polar surface area (TPSA) is 18.5 Å². The van der Waals surface area contributed by atoms with E-state index >= 15 is 0 Å². The molecule has 202 valence electrons. The summed E-state index contributed by atoms with van der Waals surface area (Å²) in [6.07, 6.45) is 8.23. The summed E-state index contributed by atoms with van der Waals surface area (Å²) in [7, 11) is 0. The van der Waals surface area contributed by atoms with E-state index in [2.05, 4.69) is 13.8 Å². The fourth-order valence-corrected chi connectivity index (χ4v) is 4.79. The Balaban J connectivity index is 1.36. The molecule has 0 N–H and O–H groups in total. The van der Waals surface area contributed by atoms with Crippen molar-refractivity contribution in [3.63, 3.8) is 0 Å². The van der Waals surface area contributed by atoms with Crippen molar-refractivity contribution in [3.8, 4) is 16.9 Å². The summed E-state index contributed by atoms with van der Waals surface area (Å²) in [6.45, 7) is 5.37. The minimum atomic E-state index is -0.763. The molecule has 5 heteroatoms. The van der Waals surface area contributed by atoms with Crippen LogP contribution in [0.2, 0.25) is 0 Å². The van der Waals surface area contributed by atoms with Gasteiger partial charge in [-0.25, -0.2) is 13.2 Å². The van der Waals surface area contributed by atoms with E-state index in [9.17, 15) is 13.2 Å². The number of aryl methyl sites for hydroxylation is 2. The van der Waals surface area contributed by atoms with Crippen LogP contribution in [0.5, 0.6) is 5.75 Å². The molecule has 4 rings (SSSR count). The number of hydrogen-bond acceptors (Lipinski definition) is 2. The third kappa shape index (κ3) is 7.08. The number of halogens is 3. The Bertz CT molecular complexity index is 1230. The molecule has 0 saturated heterocycles. The lowest BCUT2D eigenvalue weighted by Gasteiger charge is -2.23. The molecule has 1 atom stereocenters. The monoisotopic (exact) mass is 522 g/mol. The van der Waals surface area contributed by atoms with Crippen molar-refractivity contribution in [1.29, 1.82) is 0 Å². The second-order valence-electron chi connectivity index (χ2n) is 9.94. The summed E-state index contributed by atoms with van der Waals surface area (Å²) in [6, 6.07) is 16.2. The van der Waals surface area contributed by atoms with E-state index in [-0.39, 0.29) is 17.7 Å². The highest BCUT2D eigenvalue weighted by Gasteiger charge is 2.21. The highest BCUT2D eigenvalue weighted by atomic mass is 19.2. The molecule has 0 aliphatic heterocycles. The van der Waals surface area contributed by atoms with Crippen molar-refractivity contribution in [1.82, 2.24) is 0 Å². The van der Waals surface area contributed by atoms with Gasteiger partial charge in [-0.3, -0.25) is 0 Å². The Morgan fingerprint density at radius 3 is 2.29 bits per heavy atom. The van der Waals surface area contributed by atoms with Crippen LogP contribution in [-0.4, -0.2) is 19.3 Å². The van der Waals surface area contributed by atoms with Crippen LogP contribution >= 0.6 is 0 Å². The van der Waals surface area contributed by atoms with Gasteiger partial charge in [-0.05, 0) is 84.9 Å². The van der Waals surface area contributed by atoms with Crippen LogP contribution in [0.25, 0.3) is 16.7 Å². The van der Waals surface area contributed by atoms with Gasteiger partial charge in [0.05, 0.1) is 12.7 Å². The van der Waals surface area contributed by atoms with Gasteiger partial charge in [0.15, 0.2) is 23.2 Å². The van der Waals surface area contributed by atoms with Crippen LogP contribution in [0.15, 0.2) is 60.7 Å². The van der Waals surface area contributed by atoms with Gasteiger partial charge in [0, 0.05) is 12.2 Å². The maximum absolute atomic E-state index is 15.0. The van der Waals surface area contributed by atoms with Crippen LogP contribution in [-0.2, 0) is 17.6 Å². The third-order valence-electron chi connectivity index (χ3n) is 7.09. The molecule has 3 aromatic rings. The molecule has 0 bridgehead atoms. The molecule has 1 aliphatic carbocycles. The fourth-order valence-electron chi connectivity index (χ4n) is 4.79. The van der Waals surface area contributed by atoms with Crippen molar-refractivity contribution in [2.45, 2.75) is 71.3 Å². The van der Waals surface area contributed by atoms with Gasteiger partial charge in [0.1, 0.15) is 0 Å². The fraction of sp³-hybridized carbons (Fsp3) is 0.394. The van der Waals surface area contributed by atoms with Crippen molar-refractivity contribution < 1.29 is 22.6 Å². The molecule has 0 radical (unpaired) electrons. The molecule has 2 nitrogen and oxygen atoms in total. The van der Waals surface area contributed by atoms with Crippen LogP contribution in [0, 0.1) is 17.5 Å². The van der Waals surface area contributed by atoms with E-state index in [0.29, 0.717) is 37.0 Å². The number of benzene rings is 3. The van der Waals surface area contributed by atoms with Gasteiger partial charge in [0.25, 0.3) is 0 Å². The van der Waals surface area contributed by atoms with E-state index in [0.717, 1.165) is 61.0 Å². The summed E-state index contributed by atoms with van der Waals surface area (Å²) in [5.74, 6) is -1.64. The zero-order valence-corrected chi connectivity index (χ0v) is 22.4. The van der Waals surface area contributed by atoms with Crippen LogP contribution in [0.1, 0.15) is 69.1 Å². The first-order valence-corrected chi connectivity index (χ1v) is 13.8. The Morgan fingerprint density at radius 1 is 0.816 bits per heavy atom. The average molecular weight is 523 g/mol. The van der Waals surface area contributed by atoms with Gasteiger partial charge >= 0.3 is 0 Å². The Kier molecular flexibility index (Phi) is 10.1. The highest BCUT2D eigenvalue weighted by Crippen LogP contribution is 2.32. The molecular weight excluding hydrogens is 485 g/mol. The van der Waals surface area contributed by atoms with Crippen molar-refractivity contribution in [3.05, 3.63) is 94.8 Å². The first kappa shape index (κ1) is 28.0. The third-order valence-corrected chi connectivity index (χ3v) is 7.09. The lowest BCUT2D eigenvalue weighted by Crippen LogP contribution is -2.16. The molecular formula is C33H37F3O2. The normalized spacial score (nSPS) is 15.4. The van der Waals surface area contributed by atoms with Gasteiger partial charge in [0.2, 0.25) is 0 Å². The number of rotatable bonds is 12. The quantitative estimate of drug-likeness (QED) is 0.221. The standard InChI is InChI=1S/C33H37F3O2/c1-3-5-21-38-31-19-15-27(22-30(31)34)24-9-6-23(7-10-24)8-11-26-14-18-29(33(36)32(26)35)25-12-16-28(17-13-25)37-20-4-2/h6-7,9-10,12,14-15,18-19,22,28H,3-5,8,11,13,16-17,20-21H2,1-2H3. The molecule has 0 fully saturated rings.